The summed E-state index contributed by atoms with van der Waals surface area (Å²) in [5.41, 5.74) is 2.99. The Morgan fingerprint density at radius 3 is 2.63 bits per heavy atom. The molecule has 2 rings (SSSR count). The second-order valence-corrected chi connectivity index (χ2v) is 4.60. The van der Waals surface area contributed by atoms with E-state index in [0.717, 1.165) is 16.7 Å². The molecule has 3 heteroatoms. The number of aliphatic hydroxyl groups is 1. The molecule has 0 saturated heterocycles. The van der Waals surface area contributed by atoms with Gasteiger partial charge in [0.1, 0.15) is 11.9 Å². The number of ether oxygens (including phenoxy) is 1. The molecule has 1 unspecified atom stereocenters. The lowest BCUT2D eigenvalue weighted by Crippen LogP contribution is -2.05. The Labute approximate surface area is 112 Å². The summed E-state index contributed by atoms with van der Waals surface area (Å²) in [6, 6.07) is 12.1. The number of hydrogen-bond acceptors (Lipinski definition) is 2. The molecule has 1 atom stereocenters. The number of halogens is 1. The molecular weight excluding hydrogens is 243 g/mol. The van der Waals surface area contributed by atoms with Gasteiger partial charge in [-0.15, -0.1) is 0 Å². The van der Waals surface area contributed by atoms with Crippen LogP contribution in [0.1, 0.15) is 28.4 Å². The Bertz CT molecular complexity index is 546. The molecule has 0 aliphatic heterocycles. The van der Waals surface area contributed by atoms with Gasteiger partial charge in [0.05, 0.1) is 6.61 Å². The van der Waals surface area contributed by atoms with E-state index in [2.05, 4.69) is 0 Å². The Morgan fingerprint density at radius 2 is 1.95 bits per heavy atom. The highest BCUT2D eigenvalue weighted by molar-refractivity contribution is 5.37. The Balaban J connectivity index is 2.40. The van der Waals surface area contributed by atoms with Crippen molar-refractivity contribution in [2.24, 2.45) is 0 Å². The summed E-state index contributed by atoms with van der Waals surface area (Å²) in [6.45, 7) is 2.22. The average molecular weight is 260 g/mol. The molecule has 2 nitrogen and oxygen atoms in total. The highest BCUT2D eigenvalue weighted by Gasteiger charge is 2.15. The van der Waals surface area contributed by atoms with Crippen LogP contribution < -0.4 is 0 Å². The second-order valence-electron chi connectivity index (χ2n) is 4.60. The summed E-state index contributed by atoms with van der Waals surface area (Å²) in [6.07, 6.45) is -0.847. The predicted molar refractivity (Wildman–Crippen MR) is 72.4 cm³/mol. The summed E-state index contributed by atoms with van der Waals surface area (Å²) in [5.74, 6) is -0.335. The van der Waals surface area contributed by atoms with Crippen molar-refractivity contribution in [1.29, 1.82) is 0 Å². The zero-order chi connectivity index (χ0) is 13.8. The number of benzene rings is 2. The first-order valence-corrected chi connectivity index (χ1v) is 6.13. The Morgan fingerprint density at radius 1 is 1.21 bits per heavy atom. The molecule has 0 spiro atoms. The fraction of sp³-hybridized carbons (Fsp3) is 0.250. The van der Waals surface area contributed by atoms with E-state index in [0.29, 0.717) is 12.2 Å². The second kappa shape index (κ2) is 5.95. The lowest BCUT2D eigenvalue weighted by atomic mass is 9.96. The van der Waals surface area contributed by atoms with Crippen molar-refractivity contribution < 1.29 is 14.2 Å². The van der Waals surface area contributed by atoms with Crippen LogP contribution in [0.3, 0.4) is 0 Å². The van der Waals surface area contributed by atoms with Gasteiger partial charge >= 0.3 is 0 Å². The van der Waals surface area contributed by atoms with Gasteiger partial charge in [-0.2, -0.15) is 0 Å². The number of rotatable bonds is 4. The van der Waals surface area contributed by atoms with Gasteiger partial charge in [0.15, 0.2) is 0 Å². The molecule has 0 bridgehead atoms. The molecule has 0 aliphatic carbocycles. The van der Waals surface area contributed by atoms with Gasteiger partial charge in [0, 0.05) is 7.11 Å². The van der Waals surface area contributed by atoms with Crippen molar-refractivity contribution >= 4 is 0 Å². The van der Waals surface area contributed by atoms with Gasteiger partial charge in [-0.3, -0.25) is 0 Å². The Kier molecular flexibility index (Phi) is 4.30. The monoisotopic (exact) mass is 260 g/mol. The highest BCUT2D eigenvalue weighted by atomic mass is 19.1. The van der Waals surface area contributed by atoms with E-state index in [1.165, 1.54) is 12.1 Å². The maximum atomic E-state index is 13.4. The summed E-state index contributed by atoms with van der Waals surface area (Å²) in [4.78, 5) is 0. The minimum atomic E-state index is -0.847. The van der Waals surface area contributed by atoms with E-state index >= 15 is 0 Å². The quantitative estimate of drug-likeness (QED) is 0.913. The van der Waals surface area contributed by atoms with Crippen molar-refractivity contribution in [2.45, 2.75) is 19.6 Å². The number of hydrogen-bond donors (Lipinski definition) is 1. The normalized spacial score (nSPS) is 12.4. The average Bonchev–Trinajstić information content (AvgIpc) is 2.38. The zero-order valence-corrected chi connectivity index (χ0v) is 11.1. The standard InChI is InChI=1S/C16H17FO2/c1-11-7-13(9-14(17)8-11)16(18)15-6-4-3-5-12(15)10-19-2/h3-9,16,18H,10H2,1-2H3. The molecule has 2 aromatic rings. The van der Waals surface area contributed by atoms with Crippen LogP contribution >= 0.6 is 0 Å². The summed E-state index contributed by atoms with van der Waals surface area (Å²) in [5, 5.41) is 10.4. The summed E-state index contributed by atoms with van der Waals surface area (Å²) in [7, 11) is 1.61. The molecule has 2 aromatic carbocycles. The number of methoxy groups -OCH3 is 1. The summed E-state index contributed by atoms with van der Waals surface area (Å²) >= 11 is 0. The van der Waals surface area contributed by atoms with E-state index in [-0.39, 0.29) is 5.82 Å². The summed E-state index contributed by atoms with van der Waals surface area (Å²) < 4.78 is 18.5. The highest BCUT2D eigenvalue weighted by Crippen LogP contribution is 2.26. The number of aryl methyl sites for hydroxylation is 1. The van der Waals surface area contributed by atoms with E-state index < -0.39 is 6.10 Å². The van der Waals surface area contributed by atoms with Crippen molar-refractivity contribution in [3.05, 3.63) is 70.5 Å². The molecule has 0 amide bonds. The molecule has 0 saturated carbocycles. The van der Waals surface area contributed by atoms with Gasteiger partial charge in [-0.05, 0) is 41.3 Å². The van der Waals surface area contributed by atoms with Crippen LogP contribution in [-0.4, -0.2) is 12.2 Å². The van der Waals surface area contributed by atoms with Gasteiger partial charge in [-0.25, -0.2) is 4.39 Å². The zero-order valence-electron chi connectivity index (χ0n) is 11.1. The third-order valence-electron chi connectivity index (χ3n) is 3.03. The van der Waals surface area contributed by atoms with Crippen LogP contribution in [0.25, 0.3) is 0 Å². The minimum absolute atomic E-state index is 0.335. The van der Waals surface area contributed by atoms with Crippen LogP contribution in [0.5, 0.6) is 0 Å². The van der Waals surface area contributed by atoms with E-state index in [1.807, 2.05) is 24.3 Å². The van der Waals surface area contributed by atoms with Crippen molar-refractivity contribution in [2.75, 3.05) is 7.11 Å². The van der Waals surface area contributed by atoms with Crippen LogP contribution in [-0.2, 0) is 11.3 Å². The smallest absolute Gasteiger partial charge is 0.123 e. The Hall–Kier alpha value is -1.71. The number of aliphatic hydroxyl groups excluding tert-OH is 1. The van der Waals surface area contributed by atoms with Crippen molar-refractivity contribution in [1.82, 2.24) is 0 Å². The maximum absolute atomic E-state index is 13.4. The van der Waals surface area contributed by atoms with E-state index in [9.17, 15) is 9.50 Å². The molecule has 19 heavy (non-hydrogen) atoms. The molecule has 100 valence electrons. The van der Waals surface area contributed by atoms with Crippen LogP contribution in [0.2, 0.25) is 0 Å². The molecule has 0 radical (unpaired) electrons. The maximum Gasteiger partial charge on any atom is 0.123 e. The van der Waals surface area contributed by atoms with Crippen LogP contribution in [0.15, 0.2) is 42.5 Å². The van der Waals surface area contributed by atoms with Crippen molar-refractivity contribution in [3.8, 4) is 0 Å². The predicted octanol–water partition coefficient (Wildman–Crippen LogP) is 3.36. The fourth-order valence-electron chi connectivity index (χ4n) is 2.19. The van der Waals surface area contributed by atoms with E-state index in [1.54, 1.807) is 20.1 Å². The topological polar surface area (TPSA) is 29.5 Å². The largest absolute Gasteiger partial charge is 0.384 e. The van der Waals surface area contributed by atoms with E-state index in [4.69, 9.17) is 4.74 Å². The van der Waals surface area contributed by atoms with Crippen LogP contribution in [0.4, 0.5) is 4.39 Å². The lowest BCUT2D eigenvalue weighted by Gasteiger charge is -2.16. The third kappa shape index (κ3) is 3.19. The van der Waals surface area contributed by atoms with Crippen molar-refractivity contribution in [3.63, 3.8) is 0 Å². The molecule has 0 aliphatic rings. The molecule has 0 aromatic heterocycles. The van der Waals surface area contributed by atoms with Crippen LogP contribution in [0, 0.1) is 12.7 Å². The minimum Gasteiger partial charge on any atom is -0.384 e. The van der Waals surface area contributed by atoms with Gasteiger partial charge in [-0.1, -0.05) is 30.3 Å². The van der Waals surface area contributed by atoms with Gasteiger partial charge < -0.3 is 9.84 Å². The first-order chi connectivity index (χ1) is 9.11. The lowest BCUT2D eigenvalue weighted by molar-refractivity contribution is 0.176. The third-order valence-corrected chi connectivity index (χ3v) is 3.03. The molecular formula is C16H17FO2. The molecule has 0 fully saturated rings. The first-order valence-electron chi connectivity index (χ1n) is 6.13. The SMILES string of the molecule is COCc1ccccc1C(O)c1cc(C)cc(F)c1. The molecule has 0 heterocycles. The van der Waals surface area contributed by atoms with Gasteiger partial charge in [0.2, 0.25) is 0 Å². The molecule has 1 N–H and O–H groups in total. The van der Waals surface area contributed by atoms with Gasteiger partial charge in [0.25, 0.3) is 0 Å². The first kappa shape index (κ1) is 13.7. The fourth-order valence-corrected chi connectivity index (χ4v) is 2.19.